The Kier molecular flexibility index (Phi) is 6.89. The van der Waals surface area contributed by atoms with E-state index in [1.165, 1.54) is 0 Å². The van der Waals surface area contributed by atoms with Crippen molar-refractivity contribution in [2.45, 2.75) is 20.4 Å². The van der Waals surface area contributed by atoms with Gasteiger partial charge in [-0.15, -0.1) is 0 Å². The van der Waals surface area contributed by atoms with Gasteiger partial charge in [-0.25, -0.2) is 4.98 Å². The number of pyridine rings is 1. The van der Waals surface area contributed by atoms with Gasteiger partial charge in [0.1, 0.15) is 5.82 Å². The van der Waals surface area contributed by atoms with Crippen LogP contribution in [-0.4, -0.2) is 32.6 Å². The number of carbonyl (C=O) groups is 1. The van der Waals surface area contributed by atoms with Crippen molar-refractivity contribution in [1.82, 2.24) is 25.5 Å². The van der Waals surface area contributed by atoms with Crippen molar-refractivity contribution in [3.05, 3.63) is 84.0 Å². The highest BCUT2D eigenvalue weighted by Gasteiger charge is 2.08. The minimum atomic E-state index is -0.114. The van der Waals surface area contributed by atoms with Crippen molar-refractivity contribution >= 4 is 11.6 Å². The number of carbonyl (C=O) groups excluding carboxylic acids is 1. The number of H-pyrrole nitrogens is 1. The summed E-state index contributed by atoms with van der Waals surface area (Å²) in [4.78, 5) is 20.9. The van der Waals surface area contributed by atoms with Gasteiger partial charge in [-0.1, -0.05) is 24.3 Å². The molecule has 0 fully saturated rings. The topological polar surface area (TPSA) is 95.6 Å². The SMILES string of the molecule is C/C=C\C(=C/C)CNC(=O)c1cccc(NCc2nc(-c3ccncc3)n[nH]2)c1. The van der Waals surface area contributed by atoms with Crippen LogP contribution >= 0.6 is 0 Å². The molecule has 3 aromatic rings. The molecule has 7 heteroatoms. The smallest absolute Gasteiger partial charge is 0.251 e. The number of allylic oxidation sites excluding steroid dienone is 2. The predicted molar refractivity (Wildman–Crippen MR) is 114 cm³/mol. The standard InChI is InChI=1S/C22H24N6O/c1-3-6-16(4-2)14-25-22(29)18-7-5-8-19(13-18)24-15-20-26-21(28-27-20)17-9-11-23-12-10-17/h3-13,24H,14-15H2,1-2H3,(H,25,29)(H,26,27,28)/b6-3-,16-4+. The summed E-state index contributed by atoms with van der Waals surface area (Å²) in [6, 6.07) is 11.1. The van der Waals surface area contributed by atoms with Crippen LogP contribution in [0.1, 0.15) is 30.0 Å². The highest BCUT2D eigenvalue weighted by atomic mass is 16.1. The third-order valence-electron chi connectivity index (χ3n) is 4.26. The summed E-state index contributed by atoms with van der Waals surface area (Å²) in [6.07, 6.45) is 9.33. The first-order valence-corrected chi connectivity index (χ1v) is 9.41. The molecule has 0 atom stereocenters. The number of hydrogen-bond donors (Lipinski definition) is 3. The van der Waals surface area contributed by atoms with Crippen molar-refractivity contribution in [3.63, 3.8) is 0 Å². The van der Waals surface area contributed by atoms with Gasteiger partial charge in [0.05, 0.1) is 6.54 Å². The Morgan fingerprint density at radius 2 is 2.00 bits per heavy atom. The first kappa shape index (κ1) is 20.0. The molecule has 2 aromatic heterocycles. The fourth-order valence-corrected chi connectivity index (χ4v) is 2.72. The second kappa shape index (κ2) is 9.98. The van der Waals surface area contributed by atoms with Gasteiger partial charge in [-0.05, 0) is 49.8 Å². The van der Waals surface area contributed by atoms with E-state index in [0.717, 1.165) is 16.8 Å². The molecule has 2 heterocycles. The van der Waals surface area contributed by atoms with Gasteiger partial charge in [-0.2, -0.15) is 5.10 Å². The lowest BCUT2D eigenvalue weighted by Gasteiger charge is -2.09. The number of hydrogen-bond acceptors (Lipinski definition) is 5. The number of benzene rings is 1. The third-order valence-corrected chi connectivity index (χ3v) is 4.26. The van der Waals surface area contributed by atoms with Crippen molar-refractivity contribution in [1.29, 1.82) is 0 Å². The van der Waals surface area contributed by atoms with E-state index >= 15 is 0 Å². The molecule has 7 nitrogen and oxygen atoms in total. The van der Waals surface area contributed by atoms with E-state index in [1.54, 1.807) is 18.5 Å². The summed E-state index contributed by atoms with van der Waals surface area (Å²) in [7, 11) is 0. The molecule has 0 radical (unpaired) electrons. The highest BCUT2D eigenvalue weighted by molar-refractivity contribution is 5.95. The van der Waals surface area contributed by atoms with Gasteiger partial charge >= 0.3 is 0 Å². The number of nitrogens with zero attached hydrogens (tertiary/aromatic N) is 3. The lowest BCUT2D eigenvalue weighted by Crippen LogP contribution is -2.25. The minimum absolute atomic E-state index is 0.114. The van der Waals surface area contributed by atoms with Crippen molar-refractivity contribution in [3.8, 4) is 11.4 Å². The van der Waals surface area contributed by atoms with Gasteiger partial charge in [0.25, 0.3) is 5.91 Å². The van der Waals surface area contributed by atoms with Crippen LogP contribution in [0.3, 0.4) is 0 Å². The molecular weight excluding hydrogens is 364 g/mol. The third kappa shape index (κ3) is 5.62. The van der Waals surface area contributed by atoms with Crippen LogP contribution in [0.25, 0.3) is 11.4 Å². The zero-order chi connectivity index (χ0) is 20.5. The van der Waals surface area contributed by atoms with Crippen molar-refractivity contribution in [2.75, 3.05) is 11.9 Å². The second-order valence-electron chi connectivity index (χ2n) is 6.32. The molecular formula is C22H24N6O. The normalized spacial score (nSPS) is 11.6. The summed E-state index contributed by atoms with van der Waals surface area (Å²) >= 11 is 0. The van der Waals surface area contributed by atoms with Gasteiger partial charge in [0, 0.05) is 35.8 Å². The average molecular weight is 388 g/mol. The van der Waals surface area contributed by atoms with Crippen LogP contribution in [-0.2, 0) is 6.54 Å². The molecule has 0 saturated heterocycles. The summed E-state index contributed by atoms with van der Waals surface area (Å²) < 4.78 is 0. The largest absolute Gasteiger partial charge is 0.378 e. The summed E-state index contributed by atoms with van der Waals surface area (Å²) in [5.74, 6) is 1.21. The molecule has 1 aromatic carbocycles. The van der Waals surface area contributed by atoms with Crippen LogP contribution in [0.5, 0.6) is 0 Å². The zero-order valence-corrected chi connectivity index (χ0v) is 16.5. The molecule has 29 heavy (non-hydrogen) atoms. The Morgan fingerprint density at radius 1 is 1.17 bits per heavy atom. The Morgan fingerprint density at radius 3 is 2.76 bits per heavy atom. The molecule has 0 aliphatic rings. The maximum absolute atomic E-state index is 12.4. The molecule has 3 rings (SSSR count). The van der Waals surface area contributed by atoms with E-state index in [-0.39, 0.29) is 5.91 Å². The first-order chi connectivity index (χ1) is 14.2. The summed E-state index contributed by atoms with van der Waals surface area (Å²) in [5.41, 5.74) is 3.39. The van der Waals surface area contributed by atoms with Gasteiger partial charge in [0.2, 0.25) is 0 Å². The monoisotopic (exact) mass is 388 g/mol. The summed E-state index contributed by atoms with van der Waals surface area (Å²) in [5, 5.41) is 13.4. The van der Waals surface area contributed by atoms with Crippen molar-refractivity contribution < 1.29 is 4.79 Å². The zero-order valence-electron chi connectivity index (χ0n) is 16.5. The van der Waals surface area contributed by atoms with E-state index < -0.39 is 0 Å². The predicted octanol–water partition coefficient (Wildman–Crippen LogP) is 3.73. The van der Waals surface area contributed by atoms with Gasteiger partial charge in [-0.3, -0.25) is 14.9 Å². The highest BCUT2D eigenvalue weighted by Crippen LogP contribution is 2.14. The number of aromatic amines is 1. The lowest BCUT2D eigenvalue weighted by molar-refractivity contribution is 0.0957. The number of anilines is 1. The Balaban J connectivity index is 1.59. The van der Waals surface area contributed by atoms with Crippen LogP contribution in [0.15, 0.2) is 72.6 Å². The van der Waals surface area contributed by atoms with Gasteiger partial charge < -0.3 is 10.6 Å². The van der Waals surface area contributed by atoms with Crippen LogP contribution in [0.4, 0.5) is 5.69 Å². The number of rotatable bonds is 8. The van der Waals surface area contributed by atoms with Crippen LogP contribution in [0, 0.1) is 0 Å². The average Bonchev–Trinajstić information content (AvgIpc) is 3.25. The summed E-state index contributed by atoms with van der Waals surface area (Å²) in [6.45, 7) is 4.87. The van der Waals surface area contributed by atoms with Gasteiger partial charge in [0.15, 0.2) is 5.82 Å². The number of amides is 1. The molecule has 148 valence electrons. The molecule has 0 bridgehead atoms. The van der Waals surface area contributed by atoms with Crippen molar-refractivity contribution in [2.24, 2.45) is 0 Å². The molecule has 3 N–H and O–H groups in total. The molecule has 0 spiro atoms. The fourth-order valence-electron chi connectivity index (χ4n) is 2.72. The van der Waals surface area contributed by atoms with E-state index in [0.29, 0.717) is 30.3 Å². The Bertz CT molecular complexity index is 1010. The van der Waals surface area contributed by atoms with E-state index in [4.69, 9.17) is 0 Å². The Labute approximate surface area is 170 Å². The van der Waals surface area contributed by atoms with E-state index in [1.807, 2.05) is 62.4 Å². The minimum Gasteiger partial charge on any atom is -0.378 e. The Hall–Kier alpha value is -3.74. The van der Waals surface area contributed by atoms with Crippen LogP contribution < -0.4 is 10.6 Å². The lowest BCUT2D eigenvalue weighted by atomic mass is 10.1. The molecule has 1 amide bonds. The molecule has 0 saturated carbocycles. The first-order valence-electron chi connectivity index (χ1n) is 9.41. The molecule has 0 aliphatic carbocycles. The second-order valence-corrected chi connectivity index (χ2v) is 6.32. The molecule has 0 unspecified atom stereocenters. The van der Waals surface area contributed by atoms with E-state index in [9.17, 15) is 4.79 Å². The van der Waals surface area contributed by atoms with E-state index in [2.05, 4.69) is 30.8 Å². The fraction of sp³-hybridized carbons (Fsp3) is 0.182. The maximum Gasteiger partial charge on any atom is 0.251 e. The van der Waals surface area contributed by atoms with Crippen LogP contribution in [0.2, 0.25) is 0 Å². The maximum atomic E-state index is 12.4. The number of nitrogens with one attached hydrogen (secondary N) is 3. The quantitative estimate of drug-likeness (QED) is 0.511. The molecule has 0 aliphatic heterocycles. The number of aromatic nitrogens is 4.